The zero-order valence-electron chi connectivity index (χ0n) is 11.9. The van der Waals surface area contributed by atoms with Crippen LogP contribution in [-0.4, -0.2) is 11.0 Å². The third-order valence-electron chi connectivity index (χ3n) is 4.22. The Morgan fingerprint density at radius 2 is 2.16 bits per heavy atom. The molecule has 3 nitrogen and oxygen atoms in total. The lowest BCUT2D eigenvalue weighted by atomic mass is 9.73. The monoisotopic (exact) mass is 258 g/mol. The second-order valence-corrected chi connectivity index (χ2v) is 5.96. The van der Waals surface area contributed by atoms with Gasteiger partial charge in [-0.25, -0.2) is 4.98 Å². The van der Waals surface area contributed by atoms with Crippen LogP contribution in [0.2, 0.25) is 0 Å². The molecule has 0 saturated heterocycles. The summed E-state index contributed by atoms with van der Waals surface area (Å²) in [6.45, 7) is 6.69. The number of benzene rings is 1. The minimum atomic E-state index is 0.627. The zero-order valence-corrected chi connectivity index (χ0v) is 11.9. The number of aromatic nitrogens is 1. The topological polar surface area (TPSA) is 38.1 Å². The molecule has 1 saturated carbocycles. The lowest BCUT2D eigenvalue weighted by Gasteiger charge is -2.39. The highest BCUT2D eigenvalue weighted by atomic mass is 16.3. The normalized spacial score (nSPS) is 22.7. The Morgan fingerprint density at radius 1 is 1.37 bits per heavy atom. The lowest BCUT2D eigenvalue weighted by Crippen LogP contribution is -2.37. The highest BCUT2D eigenvalue weighted by Gasteiger charge is 2.30. The zero-order chi connectivity index (χ0) is 13.4. The molecule has 0 amide bonds. The van der Waals surface area contributed by atoms with Gasteiger partial charge in [-0.3, -0.25) is 0 Å². The van der Waals surface area contributed by atoms with Crippen molar-refractivity contribution in [1.82, 2.24) is 4.98 Å². The van der Waals surface area contributed by atoms with E-state index in [1.54, 1.807) is 0 Å². The molecule has 1 N–H and O–H groups in total. The maximum Gasteiger partial charge on any atom is 0.195 e. The van der Waals surface area contributed by atoms with E-state index >= 15 is 0 Å². The van der Waals surface area contributed by atoms with E-state index in [0.717, 1.165) is 40.9 Å². The van der Waals surface area contributed by atoms with Crippen LogP contribution in [0.15, 0.2) is 22.6 Å². The van der Waals surface area contributed by atoms with Crippen LogP contribution in [0.1, 0.15) is 39.5 Å². The molecule has 1 aromatic carbocycles. The van der Waals surface area contributed by atoms with Gasteiger partial charge in [0.2, 0.25) is 0 Å². The number of rotatable bonds is 4. The van der Waals surface area contributed by atoms with Crippen LogP contribution in [0.3, 0.4) is 0 Å². The van der Waals surface area contributed by atoms with Crippen molar-refractivity contribution in [1.29, 1.82) is 0 Å². The van der Waals surface area contributed by atoms with Gasteiger partial charge in [-0.05, 0) is 42.9 Å². The molecule has 1 heterocycles. The Balaban J connectivity index is 1.69. The molecule has 2 aromatic rings. The summed E-state index contributed by atoms with van der Waals surface area (Å²) in [7, 11) is 0. The lowest BCUT2D eigenvalue weighted by molar-refractivity contribution is 0.212. The van der Waals surface area contributed by atoms with Crippen LogP contribution in [0, 0.1) is 11.8 Å². The molecule has 19 heavy (non-hydrogen) atoms. The Morgan fingerprint density at radius 3 is 2.84 bits per heavy atom. The summed E-state index contributed by atoms with van der Waals surface area (Å²) < 4.78 is 5.63. The van der Waals surface area contributed by atoms with Gasteiger partial charge >= 0.3 is 0 Å². The van der Waals surface area contributed by atoms with E-state index in [1.807, 2.05) is 6.07 Å². The number of fused-ring (bicyclic) bond motifs is 1. The van der Waals surface area contributed by atoms with Crippen LogP contribution in [0.25, 0.3) is 11.1 Å². The Kier molecular flexibility index (Phi) is 3.21. The number of nitrogens with one attached hydrogen (secondary N) is 1. The number of aryl methyl sites for hydroxylation is 1. The quantitative estimate of drug-likeness (QED) is 0.891. The molecule has 1 fully saturated rings. The maximum atomic E-state index is 5.63. The van der Waals surface area contributed by atoms with Gasteiger partial charge in [0.1, 0.15) is 5.52 Å². The fraction of sp³-hybridized carbons (Fsp3) is 0.562. The van der Waals surface area contributed by atoms with Gasteiger partial charge in [0.25, 0.3) is 0 Å². The molecule has 0 radical (unpaired) electrons. The molecule has 1 aromatic heterocycles. The molecule has 0 atom stereocenters. The third kappa shape index (κ3) is 2.46. The Labute approximate surface area is 114 Å². The standard InChI is InChI=1S/C16H22N2O/c1-4-16-18-14-9-12(5-6-15(14)19-16)17-13-7-11(8-13)10(2)3/h5-6,9-11,13,17H,4,7-8H2,1-3H3. The molecule has 0 bridgehead atoms. The number of anilines is 1. The van der Waals surface area contributed by atoms with E-state index in [9.17, 15) is 0 Å². The molecule has 3 heteroatoms. The first-order chi connectivity index (χ1) is 9.15. The van der Waals surface area contributed by atoms with E-state index in [1.165, 1.54) is 12.8 Å². The summed E-state index contributed by atoms with van der Waals surface area (Å²) in [6.07, 6.45) is 3.42. The van der Waals surface area contributed by atoms with Crippen molar-refractivity contribution >= 4 is 16.8 Å². The highest BCUT2D eigenvalue weighted by Crippen LogP contribution is 2.35. The van der Waals surface area contributed by atoms with Crippen molar-refractivity contribution < 1.29 is 4.42 Å². The second-order valence-electron chi connectivity index (χ2n) is 5.96. The molecular weight excluding hydrogens is 236 g/mol. The number of hydrogen-bond acceptors (Lipinski definition) is 3. The molecule has 102 valence electrons. The summed E-state index contributed by atoms with van der Waals surface area (Å²) in [6, 6.07) is 6.83. The van der Waals surface area contributed by atoms with Crippen LogP contribution in [0.4, 0.5) is 5.69 Å². The predicted molar refractivity (Wildman–Crippen MR) is 78.4 cm³/mol. The van der Waals surface area contributed by atoms with Crippen molar-refractivity contribution in [2.24, 2.45) is 11.8 Å². The highest BCUT2D eigenvalue weighted by molar-refractivity contribution is 5.77. The third-order valence-corrected chi connectivity index (χ3v) is 4.22. The van der Waals surface area contributed by atoms with Gasteiger partial charge in [0, 0.05) is 18.2 Å². The van der Waals surface area contributed by atoms with Gasteiger partial charge in [0.15, 0.2) is 11.5 Å². The van der Waals surface area contributed by atoms with Crippen molar-refractivity contribution in [3.8, 4) is 0 Å². The largest absolute Gasteiger partial charge is 0.441 e. The van der Waals surface area contributed by atoms with Gasteiger partial charge in [-0.15, -0.1) is 0 Å². The van der Waals surface area contributed by atoms with E-state index in [-0.39, 0.29) is 0 Å². The van der Waals surface area contributed by atoms with Crippen LogP contribution in [-0.2, 0) is 6.42 Å². The first-order valence-corrected chi connectivity index (χ1v) is 7.31. The van der Waals surface area contributed by atoms with Gasteiger partial charge in [0.05, 0.1) is 0 Å². The van der Waals surface area contributed by atoms with E-state index < -0.39 is 0 Å². The van der Waals surface area contributed by atoms with E-state index in [0.29, 0.717) is 6.04 Å². The van der Waals surface area contributed by atoms with Gasteiger partial charge < -0.3 is 9.73 Å². The van der Waals surface area contributed by atoms with E-state index in [2.05, 4.69) is 43.2 Å². The fourth-order valence-electron chi connectivity index (χ4n) is 2.78. The van der Waals surface area contributed by atoms with Crippen molar-refractivity contribution in [2.45, 2.75) is 46.1 Å². The van der Waals surface area contributed by atoms with Gasteiger partial charge in [-0.1, -0.05) is 20.8 Å². The Hall–Kier alpha value is -1.51. The maximum absolute atomic E-state index is 5.63. The molecule has 1 aliphatic carbocycles. The van der Waals surface area contributed by atoms with Crippen molar-refractivity contribution in [3.63, 3.8) is 0 Å². The minimum absolute atomic E-state index is 0.627. The van der Waals surface area contributed by atoms with Crippen LogP contribution < -0.4 is 5.32 Å². The average molecular weight is 258 g/mol. The molecule has 0 spiro atoms. The molecule has 1 aliphatic rings. The summed E-state index contributed by atoms with van der Waals surface area (Å²) in [5.41, 5.74) is 3.01. The summed E-state index contributed by atoms with van der Waals surface area (Å²) >= 11 is 0. The fourth-order valence-corrected chi connectivity index (χ4v) is 2.78. The van der Waals surface area contributed by atoms with Gasteiger partial charge in [-0.2, -0.15) is 0 Å². The van der Waals surface area contributed by atoms with Crippen LogP contribution >= 0.6 is 0 Å². The minimum Gasteiger partial charge on any atom is -0.441 e. The van der Waals surface area contributed by atoms with Crippen LogP contribution in [0.5, 0.6) is 0 Å². The summed E-state index contributed by atoms with van der Waals surface area (Å²) in [4.78, 5) is 4.48. The molecule has 3 rings (SSSR count). The molecule has 0 aliphatic heterocycles. The van der Waals surface area contributed by atoms with E-state index in [4.69, 9.17) is 4.42 Å². The first-order valence-electron chi connectivity index (χ1n) is 7.31. The first kappa shape index (κ1) is 12.5. The second kappa shape index (κ2) is 4.87. The smallest absolute Gasteiger partial charge is 0.195 e. The number of hydrogen-bond donors (Lipinski definition) is 1. The predicted octanol–water partition coefficient (Wildman–Crippen LogP) is 4.24. The summed E-state index contributed by atoms with van der Waals surface area (Å²) in [5, 5.41) is 3.60. The molecule has 0 unspecified atom stereocenters. The van der Waals surface area contributed by atoms with Crippen molar-refractivity contribution in [2.75, 3.05) is 5.32 Å². The Bertz CT molecular complexity index is 567. The average Bonchev–Trinajstić information content (AvgIpc) is 2.74. The summed E-state index contributed by atoms with van der Waals surface area (Å²) in [5.74, 6) is 2.51. The SMILES string of the molecule is CCc1nc2cc(NC3CC(C(C)C)C3)ccc2o1. The number of nitrogens with zero attached hydrogens (tertiary/aromatic N) is 1. The molecular formula is C16H22N2O. The van der Waals surface area contributed by atoms with Crippen molar-refractivity contribution in [3.05, 3.63) is 24.1 Å². The number of oxazole rings is 1.